The van der Waals surface area contributed by atoms with E-state index in [1.54, 1.807) is 6.20 Å². The van der Waals surface area contributed by atoms with E-state index in [9.17, 15) is 0 Å². The van der Waals surface area contributed by atoms with Crippen LogP contribution in [0.2, 0.25) is 10.0 Å². The molecule has 4 nitrogen and oxygen atoms in total. The van der Waals surface area contributed by atoms with Crippen LogP contribution in [0.15, 0.2) is 54.7 Å². The van der Waals surface area contributed by atoms with E-state index >= 15 is 0 Å². The zero-order chi connectivity index (χ0) is 15.5. The Morgan fingerprint density at radius 2 is 1.91 bits per heavy atom. The van der Waals surface area contributed by atoms with E-state index in [-0.39, 0.29) is 0 Å². The highest BCUT2D eigenvalue weighted by Crippen LogP contribution is 2.37. The Labute approximate surface area is 139 Å². The van der Waals surface area contributed by atoms with Gasteiger partial charge in [0.25, 0.3) is 0 Å². The molecule has 2 aromatic rings. The lowest BCUT2D eigenvalue weighted by Gasteiger charge is -2.24. The first-order chi connectivity index (χ1) is 10.6. The van der Waals surface area contributed by atoms with Crippen molar-refractivity contribution < 1.29 is 4.74 Å². The lowest BCUT2D eigenvalue weighted by molar-refractivity contribution is 0.191. The molecule has 1 aliphatic heterocycles. The van der Waals surface area contributed by atoms with Crippen molar-refractivity contribution >= 4 is 28.9 Å². The van der Waals surface area contributed by atoms with Crippen molar-refractivity contribution in [2.45, 2.75) is 6.61 Å². The number of halogens is 2. The summed E-state index contributed by atoms with van der Waals surface area (Å²) in [6.45, 7) is 1.01. The van der Waals surface area contributed by atoms with Crippen LogP contribution in [-0.2, 0) is 11.3 Å². The predicted molar refractivity (Wildman–Crippen MR) is 88.7 cm³/mol. The SMILES string of the molecule is CN1C=C(OCc2ccccn2)N(c2c(Cl)cccc2Cl)C1. The Bertz CT molecular complexity index is 671. The number of rotatable bonds is 4. The van der Waals surface area contributed by atoms with Crippen LogP contribution >= 0.6 is 23.2 Å². The van der Waals surface area contributed by atoms with Crippen molar-refractivity contribution in [1.29, 1.82) is 0 Å². The lowest BCUT2D eigenvalue weighted by Crippen LogP contribution is -2.26. The molecule has 3 rings (SSSR count). The highest BCUT2D eigenvalue weighted by atomic mass is 35.5. The van der Waals surface area contributed by atoms with Gasteiger partial charge in [-0.1, -0.05) is 35.3 Å². The van der Waals surface area contributed by atoms with Gasteiger partial charge in [-0.3, -0.25) is 9.88 Å². The standard InChI is InChI=1S/C16H15Cl2N3O/c1-20-9-15(22-10-12-5-2-3-8-19-12)21(11-20)16-13(17)6-4-7-14(16)18/h2-9H,10-11H2,1H3. The number of nitrogens with zero attached hydrogens (tertiary/aromatic N) is 3. The zero-order valence-electron chi connectivity index (χ0n) is 12.0. The number of anilines is 1. The third kappa shape index (κ3) is 3.13. The maximum absolute atomic E-state index is 6.30. The van der Waals surface area contributed by atoms with E-state index in [1.165, 1.54) is 0 Å². The normalized spacial score (nSPS) is 14.2. The van der Waals surface area contributed by atoms with Gasteiger partial charge in [-0.15, -0.1) is 0 Å². The third-order valence-electron chi connectivity index (χ3n) is 3.26. The fourth-order valence-corrected chi connectivity index (χ4v) is 2.87. The van der Waals surface area contributed by atoms with Crippen LogP contribution in [0, 0.1) is 0 Å². The van der Waals surface area contributed by atoms with Crippen LogP contribution in [0.5, 0.6) is 0 Å². The summed E-state index contributed by atoms with van der Waals surface area (Å²) in [5.41, 5.74) is 1.62. The molecule has 0 saturated heterocycles. The van der Waals surface area contributed by atoms with Crippen LogP contribution in [-0.4, -0.2) is 23.6 Å². The molecule has 0 amide bonds. The average Bonchev–Trinajstić information content (AvgIpc) is 2.87. The van der Waals surface area contributed by atoms with E-state index in [2.05, 4.69) is 4.98 Å². The predicted octanol–water partition coefficient (Wildman–Crippen LogP) is 4.11. The largest absolute Gasteiger partial charge is 0.471 e. The number of ether oxygens (including phenoxy) is 1. The van der Waals surface area contributed by atoms with Gasteiger partial charge in [0.15, 0.2) is 0 Å². The summed E-state index contributed by atoms with van der Waals surface area (Å²) in [7, 11) is 1.97. The van der Waals surface area contributed by atoms with Gasteiger partial charge in [0.05, 0.1) is 34.3 Å². The van der Waals surface area contributed by atoms with Gasteiger partial charge in [0, 0.05) is 13.2 Å². The van der Waals surface area contributed by atoms with Gasteiger partial charge < -0.3 is 9.64 Å². The molecule has 0 fully saturated rings. The second kappa shape index (κ2) is 6.46. The number of pyridine rings is 1. The van der Waals surface area contributed by atoms with Crippen LogP contribution in [0.1, 0.15) is 5.69 Å². The maximum atomic E-state index is 6.30. The van der Waals surface area contributed by atoms with Crippen molar-refractivity contribution in [3.63, 3.8) is 0 Å². The number of para-hydroxylation sites is 1. The van der Waals surface area contributed by atoms with E-state index < -0.39 is 0 Å². The van der Waals surface area contributed by atoms with Gasteiger partial charge in [-0.2, -0.15) is 0 Å². The number of hydrogen-bond donors (Lipinski definition) is 0. The minimum Gasteiger partial charge on any atom is -0.471 e. The molecule has 0 bridgehead atoms. The molecular weight excluding hydrogens is 321 g/mol. The Kier molecular flexibility index (Phi) is 4.41. The zero-order valence-corrected chi connectivity index (χ0v) is 13.6. The average molecular weight is 336 g/mol. The maximum Gasteiger partial charge on any atom is 0.212 e. The molecule has 1 aliphatic rings. The Morgan fingerprint density at radius 3 is 2.59 bits per heavy atom. The van der Waals surface area contributed by atoms with E-state index in [4.69, 9.17) is 27.9 Å². The summed E-state index contributed by atoms with van der Waals surface area (Å²) in [6.07, 6.45) is 3.67. The molecule has 0 N–H and O–H groups in total. The third-order valence-corrected chi connectivity index (χ3v) is 3.87. The van der Waals surface area contributed by atoms with Gasteiger partial charge >= 0.3 is 0 Å². The highest BCUT2D eigenvalue weighted by Gasteiger charge is 2.25. The van der Waals surface area contributed by atoms with Crippen molar-refractivity contribution in [3.05, 3.63) is 70.4 Å². The summed E-state index contributed by atoms with van der Waals surface area (Å²) < 4.78 is 5.90. The molecule has 1 aromatic heterocycles. The second-order valence-corrected chi connectivity index (χ2v) is 5.79. The van der Waals surface area contributed by atoms with E-state index in [0.29, 0.717) is 29.2 Å². The summed E-state index contributed by atoms with van der Waals surface area (Å²) in [5.74, 6) is 0.697. The van der Waals surface area contributed by atoms with Crippen LogP contribution < -0.4 is 4.90 Å². The quantitative estimate of drug-likeness (QED) is 0.840. The van der Waals surface area contributed by atoms with Crippen molar-refractivity contribution in [1.82, 2.24) is 9.88 Å². The number of aromatic nitrogens is 1. The fraction of sp³-hybridized carbons (Fsp3) is 0.188. The first kappa shape index (κ1) is 15.0. The number of hydrogen-bond acceptors (Lipinski definition) is 4. The van der Waals surface area contributed by atoms with Crippen molar-refractivity contribution in [2.24, 2.45) is 0 Å². The van der Waals surface area contributed by atoms with Crippen molar-refractivity contribution in [2.75, 3.05) is 18.6 Å². The molecular formula is C16H15Cl2N3O. The molecule has 0 atom stereocenters. The Hall–Kier alpha value is -1.91. The first-order valence-electron chi connectivity index (χ1n) is 6.81. The first-order valence-corrected chi connectivity index (χ1v) is 7.57. The molecule has 2 heterocycles. The van der Waals surface area contributed by atoms with Crippen LogP contribution in [0.3, 0.4) is 0 Å². The van der Waals surface area contributed by atoms with Crippen LogP contribution in [0.4, 0.5) is 5.69 Å². The molecule has 0 unspecified atom stereocenters. The minimum absolute atomic E-state index is 0.388. The summed E-state index contributed by atoms with van der Waals surface area (Å²) >= 11 is 12.6. The molecule has 0 spiro atoms. The molecule has 0 saturated carbocycles. The molecule has 0 radical (unpaired) electrons. The molecule has 6 heteroatoms. The fourth-order valence-electron chi connectivity index (χ4n) is 2.27. The summed E-state index contributed by atoms with van der Waals surface area (Å²) in [5, 5.41) is 1.19. The van der Waals surface area contributed by atoms with E-state index in [1.807, 2.05) is 59.4 Å². The highest BCUT2D eigenvalue weighted by molar-refractivity contribution is 6.39. The number of benzene rings is 1. The van der Waals surface area contributed by atoms with Crippen LogP contribution in [0.25, 0.3) is 0 Å². The Morgan fingerprint density at radius 1 is 1.14 bits per heavy atom. The second-order valence-electron chi connectivity index (χ2n) is 4.97. The molecule has 22 heavy (non-hydrogen) atoms. The van der Waals surface area contributed by atoms with Gasteiger partial charge in [-0.25, -0.2) is 0 Å². The molecule has 1 aromatic carbocycles. The Balaban J connectivity index is 1.81. The van der Waals surface area contributed by atoms with Crippen molar-refractivity contribution in [3.8, 4) is 0 Å². The lowest BCUT2D eigenvalue weighted by atomic mass is 10.3. The smallest absolute Gasteiger partial charge is 0.212 e. The monoisotopic (exact) mass is 335 g/mol. The van der Waals surface area contributed by atoms with E-state index in [0.717, 1.165) is 11.4 Å². The summed E-state index contributed by atoms with van der Waals surface area (Å²) in [6, 6.07) is 11.2. The van der Waals surface area contributed by atoms with Gasteiger partial charge in [0.1, 0.15) is 6.61 Å². The van der Waals surface area contributed by atoms with Gasteiger partial charge in [-0.05, 0) is 24.3 Å². The summed E-state index contributed by atoms with van der Waals surface area (Å²) in [4.78, 5) is 8.21. The minimum atomic E-state index is 0.388. The molecule has 0 aliphatic carbocycles. The van der Waals surface area contributed by atoms with Gasteiger partial charge in [0.2, 0.25) is 5.88 Å². The molecule has 114 valence electrons. The topological polar surface area (TPSA) is 28.6 Å².